The minimum atomic E-state index is -0.384. The van der Waals surface area contributed by atoms with Crippen LogP contribution < -0.4 is 0 Å². The van der Waals surface area contributed by atoms with Gasteiger partial charge in [-0.05, 0) is 78.5 Å². The molecule has 1 heterocycles. The lowest BCUT2D eigenvalue weighted by molar-refractivity contribution is 0.794. The Hall–Kier alpha value is -6.05. The van der Waals surface area contributed by atoms with E-state index in [9.17, 15) is 0 Å². The van der Waals surface area contributed by atoms with E-state index >= 15 is 0 Å². The van der Waals surface area contributed by atoms with E-state index in [2.05, 4.69) is 176 Å². The molecular formula is C46H29N. The Morgan fingerprint density at radius 2 is 0.830 bits per heavy atom. The third-order valence-corrected chi connectivity index (χ3v) is 10.3. The van der Waals surface area contributed by atoms with Gasteiger partial charge in [0, 0.05) is 11.1 Å². The highest BCUT2D eigenvalue weighted by atomic mass is 14.7. The molecule has 0 saturated carbocycles. The summed E-state index contributed by atoms with van der Waals surface area (Å²) in [5.41, 5.74) is 16.8. The monoisotopic (exact) mass is 595 g/mol. The van der Waals surface area contributed by atoms with Gasteiger partial charge in [-0.1, -0.05) is 164 Å². The van der Waals surface area contributed by atoms with Crippen LogP contribution in [0.25, 0.3) is 66.7 Å². The summed E-state index contributed by atoms with van der Waals surface area (Å²) in [6, 6.07) is 64.2. The van der Waals surface area contributed by atoms with Crippen LogP contribution in [0.4, 0.5) is 0 Å². The zero-order valence-electron chi connectivity index (χ0n) is 25.7. The van der Waals surface area contributed by atoms with E-state index in [1.54, 1.807) is 0 Å². The molecule has 218 valence electrons. The number of nitrogens with zero attached hydrogens (tertiary/aromatic N) is 1. The number of benzene rings is 7. The number of pyridine rings is 1. The van der Waals surface area contributed by atoms with Crippen LogP contribution in [0.2, 0.25) is 0 Å². The van der Waals surface area contributed by atoms with Crippen LogP contribution in [0, 0.1) is 0 Å². The van der Waals surface area contributed by atoms with E-state index in [0.717, 1.165) is 28.1 Å². The highest BCUT2D eigenvalue weighted by Gasteiger charge is 2.52. The van der Waals surface area contributed by atoms with Crippen molar-refractivity contribution < 1.29 is 0 Å². The number of hydrogen-bond donors (Lipinski definition) is 0. The molecule has 0 fully saturated rings. The van der Waals surface area contributed by atoms with Crippen LogP contribution in [0.3, 0.4) is 0 Å². The third kappa shape index (κ3) is 3.63. The van der Waals surface area contributed by atoms with Crippen molar-refractivity contribution in [2.75, 3.05) is 0 Å². The fourth-order valence-corrected chi connectivity index (χ4v) is 8.41. The van der Waals surface area contributed by atoms with Crippen molar-refractivity contribution in [1.82, 2.24) is 4.98 Å². The summed E-state index contributed by atoms with van der Waals surface area (Å²) in [5, 5.41) is 2.42. The summed E-state index contributed by atoms with van der Waals surface area (Å²) >= 11 is 0. The fraction of sp³-hybridized carbons (Fsp3) is 0.0217. The zero-order valence-corrected chi connectivity index (χ0v) is 25.7. The van der Waals surface area contributed by atoms with Gasteiger partial charge in [0.05, 0.1) is 16.8 Å². The average Bonchev–Trinajstić information content (AvgIpc) is 3.62. The normalized spacial score (nSPS) is 13.3. The number of hydrogen-bond acceptors (Lipinski definition) is 1. The van der Waals surface area contributed by atoms with E-state index in [4.69, 9.17) is 4.98 Å². The first-order chi connectivity index (χ1) is 23.3. The van der Waals surface area contributed by atoms with Crippen molar-refractivity contribution in [1.29, 1.82) is 0 Å². The lowest BCUT2D eigenvalue weighted by atomic mass is 9.70. The van der Waals surface area contributed by atoms with Gasteiger partial charge in [0.1, 0.15) is 0 Å². The molecule has 8 aromatic rings. The Kier molecular flexibility index (Phi) is 5.56. The van der Waals surface area contributed by atoms with Gasteiger partial charge in [0.2, 0.25) is 0 Å². The van der Waals surface area contributed by atoms with Crippen LogP contribution in [-0.2, 0) is 5.41 Å². The van der Waals surface area contributed by atoms with Crippen molar-refractivity contribution in [3.05, 3.63) is 198 Å². The molecule has 2 aliphatic rings. The summed E-state index contributed by atoms with van der Waals surface area (Å²) in [7, 11) is 0. The fourth-order valence-electron chi connectivity index (χ4n) is 8.41. The van der Waals surface area contributed by atoms with Crippen molar-refractivity contribution in [3.8, 4) is 55.9 Å². The topological polar surface area (TPSA) is 12.9 Å². The van der Waals surface area contributed by atoms with Gasteiger partial charge in [0.15, 0.2) is 0 Å². The van der Waals surface area contributed by atoms with Crippen molar-refractivity contribution in [2.45, 2.75) is 5.41 Å². The summed E-state index contributed by atoms with van der Waals surface area (Å²) in [6.07, 6.45) is 0. The van der Waals surface area contributed by atoms with Crippen LogP contribution in [0.1, 0.15) is 22.3 Å². The third-order valence-electron chi connectivity index (χ3n) is 10.3. The number of rotatable bonds is 3. The molecule has 7 aromatic carbocycles. The molecule has 0 N–H and O–H groups in total. The standard InChI is InChI=1S/C46H29N/c1-2-14-30(15-3-1)32-28-43(36-22-12-17-31-16-4-5-18-33(31)36)47-44(29-32)38-23-13-27-42-45(38)37-21-8-11-26-41(37)46(42)39-24-9-6-19-34(39)35-20-7-10-25-40(35)46/h1-29H. The Morgan fingerprint density at radius 3 is 1.57 bits per heavy atom. The molecule has 0 unspecified atom stereocenters. The van der Waals surface area contributed by atoms with Gasteiger partial charge in [-0.2, -0.15) is 0 Å². The number of aromatic nitrogens is 1. The minimum Gasteiger partial charge on any atom is -0.248 e. The molecule has 0 aliphatic heterocycles. The maximum Gasteiger partial charge on any atom is 0.0725 e. The molecule has 2 aliphatic carbocycles. The lowest BCUT2D eigenvalue weighted by Gasteiger charge is -2.30. The predicted molar refractivity (Wildman–Crippen MR) is 194 cm³/mol. The summed E-state index contributed by atoms with van der Waals surface area (Å²) in [6.45, 7) is 0. The first kappa shape index (κ1) is 26.2. The molecule has 0 atom stereocenters. The lowest BCUT2D eigenvalue weighted by Crippen LogP contribution is -2.25. The Labute approximate surface area is 274 Å². The molecule has 1 aromatic heterocycles. The van der Waals surface area contributed by atoms with Crippen molar-refractivity contribution in [3.63, 3.8) is 0 Å². The van der Waals surface area contributed by atoms with E-state index in [1.807, 2.05) is 0 Å². The van der Waals surface area contributed by atoms with Crippen LogP contribution in [0.15, 0.2) is 176 Å². The molecule has 47 heavy (non-hydrogen) atoms. The molecule has 0 radical (unpaired) electrons. The highest BCUT2D eigenvalue weighted by Crippen LogP contribution is 2.63. The number of fused-ring (bicyclic) bond motifs is 11. The predicted octanol–water partition coefficient (Wildman–Crippen LogP) is 11.6. The minimum absolute atomic E-state index is 0.384. The Balaban J connectivity index is 1.29. The SMILES string of the molecule is c1ccc(-c2cc(-c3cccc4c3-c3ccccc3C43c4ccccc4-c4ccccc43)nc(-c3cccc4ccccc34)c2)cc1. The van der Waals surface area contributed by atoms with Crippen molar-refractivity contribution >= 4 is 10.8 Å². The van der Waals surface area contributed by atoms with Crippen molar-refractivity contribution in [2.24, 2.45) is 0 Å². The quantitative estimate of drug-likeness (QED) is 0.198. The van der Waals surface area contributed by atoms with Crippen LogP contribution in [-0.4, -0.2) is 4.98 Å². The summed E-state index contributed by atoms with van der Waals surface area (Å²) < 4.78 is 0. The maximum absolute atomic E-state index is 5.50. The second-order valence-electron chi connectivity index (χ2n) is 12.6. The second kappa shape index (κ2) is 9.97. The molecular weight excluding hydrogens is 567 g/mol. The van der Waals surface area contributed by atoms with Gasteiger partial charge >= 0.3 is 0 Å². The highest BCUT2D eigenvalue weighted by molar-refractivity contribution is 6.01. The van der Waals surface area contributed by atoms with Gasteiger partial charge in [-0.3, -0.25) is 0 Å². The van der Waals surface area contributed by atoms with Gasteiger partial charge in [-0.15, -0.1) is 0 Å². The molecule has 1 heteroatoms. The molecule has 10 rings (SSSR count). The summed E-state index contributed by atoms with van der Waals surface area (Å²) in [4.78, 5) is 5.50. The molecule has 1 spiro atoms. The Morgan fingerprint density at radius 1 is 0.340 bits per heavy atom. The average molecular weight is 596 g/mol. The van der Waals surface area contributed by atoms with E-state index in [0.29, 0.717) is 0 Å². The Bertz CT molecular complexity index is 2470. The van der Waals surface area contributed by atoms with Gasteiger partial charge in [0.25, 0.3) is 0 Å². The second-order valence-corrected chi connectivity index (χ2v) is 12.6. The molecule has 0 saturated heterocycles. The van der Waals surface area contributed by atoms with E-state index in [1.165, 1.54) is 60.8 Å². The van der Waals surface area contributed by atoms with Crippen LogP contribution in [0.5, 0.6) is 0 Å². The van der Waals surface area contributed by atoms with Gasteiger partial charge < -0.3 is 0 Å². The zero-order chi connectivity index (χ0) is 31.0. The molecule has 1 nitrogen and oxygen atoms in total. The first-order valence-corrected chi connectivity index (χ1v) is 16.3. The molecule has 0 amide bonds. The maximum atomic E-state index is 5.50. The first-order valence-electron chi connectivity index (χ1n) is 16.3. The molecule has 0 bridgehead atoms. The van der Waals surface area contributed by atoms with E-state index < -0.39 is 0 Å². The van der Waals surface area contributed by atoms with Crippen LogP contribution >= 0.6 is 0 Å². The summed E-state index contributed by atoms with van der Waals surface area (Å²) in [5.74, 6) is 0. The smallest absolute Gasteiger partial charge is 0.0725 e. The largest absolute Gasteiger partial charge is 0.248 e. The van der Waals surface area contributed by atoms with E-state index in [-0.39, 0.29) is 5.41 Å². The van der Waals surface area contributed by atoms with Gasteiger partial charge in [-0.25, -0.2) is 4.98 Å².